The van der Waals surface area contributed by atoms with E-state index < -0.39 is 17.8 Å². The summed E-state index contributed by atoms with van der Waals surface area (Å²) in [6.07, 6.45) is 1.49. The van der Waals surface area contributed by atoms with Gasteiger partial charge in [-0.1, -0.05) is 60.1 Å². The van der Waals surface area contributed by atoms with Crippen molar-refractivity contribution in [1.29, 1.82) is 0 Å². The Morgan fingerprint density at radius 2 is 1.70 bits per heavy atom. The predicted molar refractivity (Wildman–Crippen MR) is 145 cm³/mol. The van der Waals surface area contributed by atoms with E-state index in [9.17, 15) is 14.4 Å². The number of amides is 4. The summed E-state index contributed by atoms with van der Waals surface area (Å²) in [5.74, 6) is -0.976. The number of imide groups is 2. The molecule has 4 aromatic carbocycles. The number of nitrogens with one attached hydrogen (secondary N) is 1. The maximum absolute atomic E-state index is 13.5. The maximum Gasteiger partial charge on any atom is 0.335 e. The number of barbiturate groups is 1. The van der Waals surface area contributed by atoms with Gasteiger partial charge in [0.15, 0.2) is 0 Å². The van der Waals surface area contributed by atoms with Gasteiger partial charge in [-0.2, -0.15) is 0 Å². The van der Waals surface area contributed by atoms with Crippen LogP contribution in [0.1, 0.15) is 22.3 Å². The number of hydrogen-bond acceptors (Lipinski definition) is 4. The topological polar surface area (TPSA) is 75.7 Å². The third-order valence-electron chi connectivity index (χ3n) is 6.35. The smallest absolute Gasteiger partial charge is 0.335 e. The zero-order valence-corrected chi connectivity index (χ0v) is 21.0. The van der Waals surface area contributed by atoms with Crippen molar-refractivity contribution < 1.29 is 19.1 Å². The van der Waals surface area contributed by atoms with E-state index in [2.05, 4.69) is 5.32 Å². The molecule has 0 radical (unpaired) electrons. The molecule has 1 aliphatic heterocycles. The zero-order chi connectivity index (χ0) is 26.1. The molecular formula is C30H23ClN2O4. The highest BCUT2D eigenvalue weighted by Gasteiger charge is 2.37. The average molecular weight is 511 g/mol. The molecular weight excluding hydrogens is 488 g/mol. The molecule has 1 aliphatic rings. The molecule has 184 valence electrons. The van der Waals surface area contributed by atoms with Gasteiger partial charge in [0.05, 0.1) is 5.69 Å². The van der Waals surface area contributed by atoms with Crippen molar-refractivity contribution in [3.05, 3.63) is 112 Å². The van der Waals surface area contributed by atoms with Crippen LogP contribution in [0.25, 0.3) is 16.8 Å². The minimum atomic E-state index is -0.786. The second-order valence-electron chi connectivity index (χ2n) is 8.84. The minimum absolute atomic E-state index is 0.165. The van der Waals surface area contributed by atoms with Gasteiger partial charge in [0, 0.05) is 10.6 Å². The number of carbonyl (C=O) groups is 3. The van der Waals surface area contributed by atoms with Crippen molar-refractivity contribution in [2.45, 2.75) is 20.5 Å². The third-order valence-corrected chi connectivity index (χ3v) is 6.59. The van der Waals surface area contributed by atoms with E-state index in [0.717, 1.165) is 32.4 Å². The Kier molecular flexibility index (Phi) is 6.51. The van der Waals surface area contributed by atoms with Crippen LogP contribution in [0.2, 0.25) is 5.02 Å². The number of nitrogens with zero attached hydrogens (tertiary/aromatic N) is 1. The van der Waals surface area contributed by atoms with Gasteiger partial charge in [-0.15, -0.1) is 0 Å². The lowest BCUT2D eigenvalue weighted by molar-refractivity contribution is -0.122. The quantitative estimate of drug-likeness (QED) is 0.250. The highest BCUT2D eigenvalue weighted by Crippen LogP contribution is 2.32. The van der Waals surface area contributed by atoms with Crippen LogP contribution in [0.4, 0.5) is 10.5 Å². The van der Waals surface area contributed by atoms with E-state index >= 15 is 0 Å². The highest BCUT2D eigenvalue weighted by atomic mass is 35.5. The molecule has 5 rings (SSSR count). The third kappa shape index (κ3) is 4.84. The number of halogens is 1. The lowest BCUT2D eigenvalue weighted by Gasteiger charge is -2.27. The van der Waals surface area contributed by atoms with Gasteiger partial charge in [-0.3, -0.25) is 14.9 Å². The van der Waals surface area contributed by atoms with Gasteiger partial charge in [-0.25, -0.2) is 9.69 Å². The molecule has 0 aliphatic carbocycles. The molecule has 1 fully saturated rings. The first-order valence-corrected chi connectivity index (χ1v) is 12.1. The molecule has 0 aromatic heterocycles. The van der Waals surface area contributed by atoms with E-state index in [1.165, 1.54) is 6.08 Å². The van der Waals surface area contributed by atoms with Gasteiger partial charge in [0.1, 0.15) is 17.9 Å². The fourth-order valence-electron chi connectivity index (χ4n) is 4.24. The molecule has 4 aromatic rings. The van der Waals surface area contributed by atoms with Gasteiger partial charge < -0.3 is 4.74 Å². The van der Waals surface area contributed by atoms with E-state index in [1.807, 2.05) is 68.4 Å². The number of urea groups is 1. The van der Waals surface area contributed by atoms with E-state index in [-0.39, 0.29) is 12.2 Å². The molecule has 0 atom stereocenters. The highest BCUT2D eigenvalue weighted by molar-refractivity contribution is 6.39. The molecule has 4 amide bonds. The largest absolute Gasteiger partial charge is 0.488 e. The van der Waals surface area contributed by atoms with Crippen LogP contribution in [-0.2, 0) is 16.2 Å². The number of carbonyl (C=O) groups excluding carboxylic acids is 3. The standard InChI is InChI=1S/C30H23ClN2O4/c1-18-10-12-23(14-19(18)2)33-29(35)26(28(34)32-30(33)36)16-25-24-9-4-3-7-21(24)11-13-27(25)37-17-20-6-5-8-22(31)15-20/h3-16H,17H2,1-2H3,(H,32,34,36)/b26-16+. The molecule has 7 heteroatoms. The predicted octanol–water partition coefficient (Wildman–Crippen LogP) is 6.36. The Hall–Kier alpha value is -4.42. The van der Waals surface area contributed by atoms with Crippen LogP contribution in [0.15, 0.2) is 84.4 Å². The fraction of sp³-hybridized carbons (Fsp3) is 0.100. The minimum Gasteiger partial charge on any atom is -0.488 e. The van der Waals surface area contributed by atoms with Crippen LogP contribution in [0.3, 0.4) is 0 Å². The number of hydrogen-bond donors (Lipinski definition) is 1. The van der Waals surface area contributed by atoms with Crippen molar-refractivity contribution in [3.63, 3.8) is 0 Å². The molecule has 1 heterocycles. The summed E-state index contributed by atoms with van der Waals surface area (Å²) in [5.41, 5.74) is 3.61. The monoisotopic (exact) mass is 510 g/mol. The molecule has 0 saturated carbocycles. The molecule has 0 unspecified atom stereocenters. The number of ether oxygens (including phenoxy) is 1. The van der Waals surface area contributed by atoms with Gasteiger partial charge in [0.2, 0.25) is 0 Å². The van der Waals surface area contributed by atoms with Crippen LogP contribution in [0.5, 0.6) is 5.75 Å². The van der Waals surface area contributed by atoms with Crippen molar-refractivity contribution in [3.8, 4) is 5.75 Å². The van der Waals surface area contributed by atoms with Gasteiger partial charge >= 0.3 is 6.03 Å². The number of anilines is 1. The van der Waals surface area contributed by atoms with Crippen LogP contribution in [0, 0.1) is 13.8 Å². The molecule has 1 saturated heterocycles. The zero-order valence-electron chi connectivity index (χ0n) is 20.2. The molecule has 0 bridgehead atoms. The Morgan fingerprint density at radius 1 is 0.892 bits per heavy atom. The van der Waals surface area contributed by atoms with E-state index in [4.69, 9.17) is 16.3 Å². The lowest BCUT2D eigenvalue weighted by Crippen LogP contribution is -2.54. The Balaban J connectivity index is 1.58. The fourth-order valence-corrected chi connectivity index (χ4v) is 4.45. The van der Waals surface area contributed by atoms with Crippen molar-refractivity contribution in [1.82, 2.24) is 5.32 Å². The summed E-state index contributed by atoms with van der Waals surface area (Å²) in [4.78, 5) is 40.1. The second kappa shape index (κ2) is 9.91. The summed E-state index contributed by atoms with van der Waals surface area (Å²) >= 11 is 6.11. The summed E-state index contributed by atoms with van der Waals surface area (Å²) in [6.45, 7) is 4.08. The van der Waals surface area contributed by atoms with Crippen LogP contribution >= 0.6 is 11.6 Å². The SMILES string of the molecule is Cc1ccc(N2C(=O)NC(=O)/C(=C\c3c(OCc4cccc(Cl)c4)ccc4ccccc34)C2=O)cc1C. The second-order valence-corrected chi connectivity index (χ2v) is 9.28. The van der Waals surface area contributed by atoms with E-state index in [1.54, 1.807) is 24.3 Å². The van der Waals surface area contributed by atoms with Crippen molar-refractivity contribution >= 4 is 52.0 Å². The Labute approximate surface area is 219 Å². The summed E-state index contributed by atoms with van der Waals surface area (Å²) < 4.78 is 6.13. The van der Waals surface area contributed by atoms with E-state index in [0.29, 0.717) is 22.0 Å². The average Bonchev–Trinajstić information content (AvgIpc) is 2.87. The normalized spacial score (nSPS) is 14.8. The lowest BCUT2D eigenvalue weighted by atomic mass is 9.99. The first-order chi connectivity index (χ1) is 17.8. The first-order valence-electron chi connectivity index (χ1n) is 11.7. The van der Waals surface area contributed by atoms with Crippen LogP contribution < -0.4 is 15.0 Å². The maximum atomic E-state index is 13.5. The Morgan fingerprint density at radius 3 is 2.49 bits per heavy atom. The van der Waals surface area contributed by atoms with Crippen LogP contribution in [-0.4, -0.2) is 17.8 Å². The van der Waals surface area contributed by atoms with Gasteiger partial charge in [0.25, 0.3) is 11.8 Å². The molecule has 6 nitrogen and oxygen atoms in total. The summed E-state index contributed by atoms with van der Waals surface area (Å²) in [7, 11) is 0. The number of fused-ring (bicyclic) bond motifs is 1. The Bertz CT molecular complexity index is 1610. The summed E-state index contributed by atoms with van der Waals surface area (Å²) in [6, 6.07) is 23.1. The first kappa shape index (κ1) is 24.3. The summed E-state index contributed by atoms with van der Waals surface area (Å²) in [5, 5.41) is 4.61. The van der Waals surface area contributed by atoms with Crippen molar-refractivity contribution in [2.75, 3.05) is 4.90 Å². The van der Waals surface area contributed by atoms with Crippen molar-refractivity contribution in [2.24, 2.45) is 0 Å². The molecule has 1 N–H and O–H groups in total. The molecule has 0 spiro atoms. The number of rotatable bonds is 5. The number of benzene rings is 4. The number of aryl methyl sites for hydroxylation is 2. The van der Waals surface area contributed by atoms with Gasteiger partial charge in [-0.05, 0) is 77.7 Å². The molecule has 37 heavy (non-hydrogen) atoms.